The van der Waals surface area contributed by atoms with Crippen molar-refractivity contribution in [2.24, 2.45) is 0 Å². The molecule has 0 bridgehead atoms. The molecule has 104 valence electrons. The number of carbonyl (C=O) groups is 1. The van der Waals surface area contributed by atoms with E-state index in [-0.39, 0.29) is 18.6 Å². The smallest absolute Gasteiger partial charge is 0.240 e. The molecule has 4 nitrogen and oxygen atoms in total. The van der Waals surface area contributed by atoms with Crippen molar-refractivity contribution in [2.45, 2.75) is 63.6 Å². The van der Waals surface area contributed by atoms with Gasteiger partial charge in [0.15, 0.2) is 0 Å². The van der Waals surface area contributed by atoms with Crippen LogP contribution in [-0.2, 0) is 4.79 Å². The van der Waals surface area contributed by atoms with Crippen molar-refractivity contribution >= 4 is 5.91 Å². The SMILES string of the molecule is CC1CCN(C)C(CCO)C(=O)N1C1CCCC1. The van der Waals surface area contributed by atoms with Crippen LogP contribution in [0.3, 0.4) is 0 Å². The van der Waals surface area contributed by atoms with E-state index in [1.807, 2.05) is 7.05 Å². The Morgan fingerprint density at radius 3 is 2.56 bits per heavy atom. The standard InChI is InChI=1S/C14H26N2O2/c1-11-7-9-15(2)13(8-10-17)14(18)16(11)12-5-3-4-6-12/h11-13,17H,3-10H2,1-2H3. The Balaban J connectivity index is 2.16. The zero-order valence-corrected chi connectivity index (χ0v) is 11.6. The summed E-state index contributed by atoms with van der Waals surface area (Å²) in [5.74, 6) is 0.239. The first-order valence-corrected chi connectivity index (χ1v) is 7.28. The highest BCUT2D eigenvalue weighted by Crippen LogP contribution is 2.29. The van der Waals surface area contributed by atoms with Gasteiger partial charge in [0.25, 0.3) is 0 Å². The fourth-order valence-corrected chi connectivity index (χ4v) is 3.45. The van der Waals surface area contributed by atoms with Gasteiger partial charge in [-0.25, -0.2) is 0 Å². The molecule has 2 unspecified atom stereocenters. The zero-order chi connectivity index (χ0) is 13.1. The van der Waals surface area contributed by atoms with Crippen LogP contribution in [-0.4, -0.2) is 59.1 Å². The van der Waals surface area contributed by atoms with E-state index in [9.17, 15) is 4.79 Å². The quantitative estimate of drug-likeness (QED) is 0.824. The first-order chi connectivity index (χ1) is 8.65. The summed E-state index contributed by atoms with van der Waals surface area (Å²) in [6.45, 7) is 3.21. The van der Waals surface area contributed by atoms with E-state index in [1.165, 1.54) is 12.8 Å². The molecule has 1 N–H and O–H groups in total. The number of likely N-dealkylation sites (N-methyl/N-ethyl adjacent to an activating group) is 1. The molecule has 0 spiro atoms. The summed E-state index contributed by atoms with van der Waals surface area (Å²) in [5, 5.41) is 9.17. The molecule has 1 aliphatic heterocycles. The molecule has 0 aromatic rings. The average Bonchev–Trinajstić information content (AvgIpc) is 2.83. The molecule has 2 rings (SSSR count). The van der Waals surface area contributed by atoms with E-state index in [2.05, 4.69) is 16.7 Å². The molecule has 2 fully saturated rings. The van der Waals surface area contributed by atoms with Crippen LogP contribution >= 0.6 is 0 Å². The average molecular weight is 254 g/mol. The van der Waals surface area contributed by atoms with Crippen LogP contribution in [0, 0.1) is 0 Å². The number of hydrogen-bond acceptors (Lipinski definition) is 3. The molecule has 0 radical (unpaired) electrons. The molecular weight excluding hydrogens is 228 g/mol. The van der Waals surface area contributed by atoms with E-state index in [0.717, 1.165) is 25.8 Å². The lowest BCUT2D eigenvalue weighted by atomic mass is 10.1. The second kappa shape index (κ2) is 6.02. The Morgan fingerprint density at radius 2 is 1.94 bits per heavy atom. The van der Waals surface area contributed by atoms with Gasteiger partial charge in [-0.2, -0.15) is 0 Å². The monoisotopic (exact) mass is 254 g/mol. The Kier molecular flexibility index (Phi) is 4.62. The number of amides is 1. The number of carbonyl (C=O) groups excluding carboxylic acids is 1. The maximum Gasteiger partial charge on any atom is 0.240 e. The Hall–Kier alpha value is -0.610. The van der Waals surface area contributed by atoms with Gasteiger partial charge in [-0.05, 0) is 39.7 Å². The first-order valence-electron chi connectivity index (χ1n) is 7.28. The highest BCUT2D eigenvalue weighted by Gasteiger charge is 2.38. The topological polar surface area (TPSA) is 43.8 Å². The molecule has 1 saturated carbocycles. The second-order valence-electron chi connectivity index (χ2n) is 5.83. The van der Waals surface area contributed by atoms with Gasteiger partial charge in [0, 0.05) is 25.2 Å². The summed E-state index contributed by atoms with van der Waals surface area (Å²) in [6.07, 6.45) is 6.42. The molecule has 4 heteroatoms. The summed E-state index contributed by atoms with van der Waals surface area (Å²) in [4.78, 5) is 17.0. The third-order valence-corrected chi connectivity index (χ3v) is 4.57. The Morgan fingerprint density at radius 1 is 1.28 bits per heavy atom. The summed E-state index contributed by atoms with van der Waals surface area (Å²) in [5.41, 5.74) is 0. The largest absolute Gasteiger partial charge is 0.396 e. The number of hydrogen-bond donors (Lipinski definition) is 1. The van der Waals surface area contributed by atoms with Crippen LogP contribution in [0.15, 0.2) is 0 Å². The number of nitrogens with zero attached hydrogens (tertiary/aromatic N) is 2. The minimum absolute atomic E-state index is 0.0909. The van der Waals surface area contributed by atoms with Gasteiger partial charge in [-0.1, -0.05) is 12.8 Å². The van der Waals surface area contributed by atoms with Gasteiger partial charge < -0.3 is 10.0 Å². The fraction of sp³-hybridized carbons (Fsp3) is 0.929. The lowest BCUT2D eigenvalue weighted by Crippen LogP contribution is -2.50. The molecule has 1 saturated heterocycles. The summed E-state index contributed by atoms with van der Waals surface area (Å²) < 4.78 is 0. The summed E-state index contributed by atoms with van der Waals surface area (Å²) in [7, 11) is 2.00. The highest BCUT2D eigenvalue weighted by molar-refractivity contribution is 5.82. The molecule has 1 amide bonds. The van der Waals surface area contributed by atoms with Crippen LogP contribution in [0.4, 0.5) is 0 Å². The van der Waals surface area contributed by atoms with Crippen molar-refractivity contribution in [3.63, 3.8) is 0 Å². The first kappa shape index (κ1) is 13.8. The lowest BCUT2D eigenvalue weighted by Gasteiger charge is -2.35. The maximum atomic E-state index is 12.7. The molecule has 1 heterocycles. The van der Waals surface area contributed by atoms with E-state index >= 15 is 0 Å². The fourth-order valence-electron chi connectivity index (χ4n) is 3.45. The molecule has 0 aromatic heterocycles. The molecule has 18 heavy (non-hydrogen) atoms. The predicted molar refractivity (Wildman–Crippen MR) is 71.3 cm³/mol. The van der Waals surface area contributed by atoms with Crippen molar-refractivity contribution < 1.29 is 9.90 Å². The van der Waals surface area contributed by atoms with Crippen molar-refractivity contribution in [1.82, 2.24) is 9.80 Å². The third kappa shape index (κ3) is 2.69. The van der Waals surface area contributed by atoms with Crippen molar-refractivity contribution in [1.29, 1.82) is 0 Å². The van der Waals surface area contributed by atoms with E-state index in [1.54, 1.807) is 0 Å². The molecule has 1 aliphatic carbocycles. The van der Waals surface area contributed by atoms with Gasteiger partial charge in [-0.15, -0.1) is 0 Å². The van der Waals surface area contributed by atoms with Gasteiger partial charge in [0.1, 0.15) is 0 Å². The molecule has 2 aliphatic rings. The Bertz CT molecular complexity index is 290. The van der Waals surface area contributed by atoms with Gasteiger partial charge in [-0.3, -0.25) is 9.69 Å². The van der Waals surface area contributed by atoms with Crippen molar-refractivity contribution in [3.05, 3.63) is 0 Å². The molecule has 2 atom stereocenters. The van der Waals surface area contributed by atoms with Crippen molar-refractivity contribution in [3.8, 4) is 0 Å². The van der Waals surface area contributed by atoms with Gasteiger partial charge in [0.05, 0.1) is 6.04 Å². The van der Waals surface area contributed by atoms with Gasteiger partial charge in [0.2, 0.25) is 5.91 Å². The molecular formula is C14H26N2O2. The predicted octanol–water partition coefficient (Wildman–Crippen LogP) is 1.23. The summed E-state index contributed by atoms with van der Waals surface area (Å²) in [6, 6.07) is 0.660. The van der Waals surface area contributed by atoms with Crippen LogP contribution in [0.2, 0.25) is 0 Å². The normalized spacial score (nSPS) is 31.9. The van der Waals surface area contributed by atoms with Crippen LogP contribution in [0.5, 0.6) is 0 Å². The van der Waals surface area contributed by atoms with Crippen molar-refractivity contribution in [2.75, 3.05) is 20.2 Å². The number of aliphatic hydroxyl groups is 1. The minimum Gasteiger partial charge on any atom is -0.396 e. The Labute approximate surface area is 110 Å². The maximum absolute atomic E-state index is 12.7. The van der Waals surface area contributed by atoms with E-state index < -0.39 is 0 Å². The molecule has 0 aromatic carbocycles. The second-order valence-corrected chi connectivity index (χ2v) is 5.83. The zero-order valence-electron chi connectivity index (χ0n) is 11.6. The lowest BCUT2D eigenvalue weighted by molar-refractivity contribution is -0.139. The minimum atomic E-state index is -0.124. The van der Waals surface area contributed by atoms with Crippen LogP contribution in [0.1, 0.15) is 45.4 Å². The highest BCUT2D eigenvalue weighted by atomic mass is 16.3. The third-order valence-electron chi connectivity index (χ3n) is 4.57. The van der Waals surface area contributed by atoms with Gasteiger partial charge >= 0.3 is 0 Å². The number of rotatable bonds is 3. The van der Waals surface area contributed by atoms with E-state index in [4.69, 9.17) is 5.11 Å². The van der Waals surface area contributed by atoms with E-state index in [0.29, 0.717) is 18.5 Å². The van der Waals surface area contributed by atoms with Crippen LogP contribution < -0.4 is 0 Å². The van der Waals surface area contributed by atoms with Crippen LogP contribution in [0.25, 0.3) is 0 Å². The number of aliphatic hydroxyl groups excluding tert-OH is 1. The summed E-state index contributed by atoms with van der Waals surface area (Å²) >= 11 is 0.